The first kappa shape index (κ1) is 13.7. The SMILES string of the molecule is O=C(CC(=O)N1CCCCC1)c1ccc2ccccc2n1. The average molecular weight is 282 g/mol. The summed E-state index contributed by atoms with van der Waals surface area (Å²) in [6.07, 6.45) is 3.16. The molecule has 4 nitrogen and oxygen atoms in total. The highest BCUT2D eigenvalue weighted by atomic mass is 16.2. The van der Waals surface area contributed by atoms with E-state index >= 15 is 0 Å². The molecule has 0 saturated carbocycles. The Morgan fingerprint density at radius 3 is 2.57 bits per heavy atom. The zero-order chi connectivity index (χ0) is 14.7. The lowest BCUT2D eigenvalue weighted by Crippen LogP contribution is -2.36. The van der Waals surface area contributed by atoms with Crippen LogP contribution in [-0.2, 0) is 4.79 Å². The van der Waals surface area contributed by atoms with Crippen molar-refractivity contribution in [2.24, 2.45) is 0 Å². The van der Waals surface area contributed by atoms with Crippen LogP contribution >= 0.6 is 0 Å². The molecule has 0 spiro atoms. The lowest BCUT2D eigenvalue weighted by molar-refractivity contribution is -0.131. The highest BCUT2D eigenvalue weighted by Gasteiger charge is 2.20. The third kappa shape index (κ3) is 3.10. The largest absolute Gasteiger partial charge is 0.342 e. The number of benzene rings is 1. The number of ketones is 1. The van der Waals surface area contributed by atoms with Gasteiger partial charge in [-0.3, -0.25) is 9.59 Å². The van der Waals surface area contributed by atoms with E-state index in [0.717, 1.165) is 36.8 Å². The number of carbonyl (C=O) groups is 2. The van der Waals surface area contributed by atoms with Crippen LogP contribution in [0.1, 0.15) is 36.2 Å². The molecule has 1 aromatic carbocycles. The van der Waals surface area contributed by atoms with Gasteiger partial charge in [-0.1, -0.05) is 24.3 Å². The molecule has 1 aliphatic heterocycles. The molecule has 2 aromatic rings. The molecule has 3 rings (SSSR count). The van der Waals surface area contributed by atoms with Crippen molar-refractivity contribution in [3.63, 3.8) is 0 Å². The summed E-state index contributed by atoms with van der Waals surface area (Å²) in [6.45, 7) is 1.55. The van der Waals surface area contributed by atoms with E-state index in [-0.39, 0.29) is 18.1 Å². The number of amides is 1. The van der Waals surface area contributed by atoms with Crippen molar-refractivity contribution in [3.8, 4) is 0 Å². The number of pyridine rings is 1. The van der Waals surface area contributed by atoms with Crippen LogP contribution in [0.25, 0.3) is 10.9 Å². The number of rotatable bonds is 3. The quantitative estimate of drug-likeness (QED) is 0.642. The van der Waals surface area contributed by atoms with E-state index in [0.29, 0.717) is 5.69 Å². The highest BCUT2D eigenvalue weighted by Crippen LogP contribution is 2.14. The maximum atomic E-state index is 12.2. The molecule has 0 bridgehead atoms. The number of Topliss-reactive ketones (excluding diaryl/α,β-unsaturated/α-hetero) is 1. The summed E-state index contributed by atoms with van der Waals surface area (Å²) in [6, 6.07) is 11.2. The molecule has 0 radical (unpaired) electrons. The fourth-order valence-electron chi connectivity index (χ4n) is 2.70. The van der Waals surface area contributed by atoms with Gasteiger partial charge in [0.1, 0.15) is 5.69 Å². The number of para-hydroxylation sites is 1. The number of hydrogen-bond donors (Lipinski definition) is 0. The van der Waals surface area contributed by atoms with Gasteiger partial charge in [0.05, 0.1) is 11.9 Å². The first-order valence-corrected chi connectivity index (χ1v) is 7.41. The second kappa shape index (κ2) is 6.04. The van der Waals surface area contributed by atoms with Crippen LogP contribution in [0.15, 0.2) is 36.4 Å². The molecule has 0 unspecified atom stereocenters. The van der Waals surface area contributed by atoms with Crippen LogP contribution in [0.3, 0.4) is 0 Å². The smallest absolute Gasteiger partial charge is 0.230 e. The fourth-order valence-corrected chi connectivity index (χ4v) is 2.70. The zero-order valence-corrected chi connectivity index (χ0v) is 11.9. The third-order valence-electron chi connectivity index (χ3n) is 3.90. The summed E-state index contributed by atoms with van der Waals surface area (Å²) in [5.41, 5.74) is 1.16. The van der Waals surface area contributed by atoms with E-state index in [2.05, 4.69) is 4.98 Å². The summed E-state index contributed by atoms with van der Waals surface area (Å²) in [4.78, 5) is 30.5. The second-order valence-corrected chi connectivity index (χ2v) is 5.43. The molecule has 1 aliphatic rings. The first-order valence-electron chi connectivity index (χ1n) is 7.41. The monoisotopic (exact) mass is 282 g/mol. The Labute approximate surface area is 123 Å². The maximum Gasteiger partial charge on any atom is 0.230 e. The van der Waals surface area contributed by atoms with Crippen molar-refractivity contribution < 1.29 is 9.59 Å². The molecule has 108 valence electrons. The van der Waals surface area contributed by atoms with Gasteiger partial charge in [0.15, 0.2) is 5.78 Å². The van der Waals surface area contributed by atoms with Crippen molar-refractivity contribution >= 4 is 22.6 Å². The molecule has 21 heavy (non-hydrogen) atoms. The molecule has 1 amide bonds. The van der Waals surface area contributed by atoms with Gasteiger partial charge in [0.2, 0.25) is 5.91 Å². The van der Waals surface area contributed by atoms with Crippen LogP contribution in [0, 0.1) is 0 Å². The standard InChI is InChI=1S/C17H18N2O2/c20-16(12-17(21)19-10-4-1-5-11-19)15-9-8-13-6-2-3-7-14(13)18-15/h2-3,6-9H,1,4-5,10-12H2. The van der Waals surface area contributed by atoms with E-state index in [1.54, 1.807) is 11.0 Å². The van der Waals surface area contributed by atoms with Gasteiger partial charge in [-0.25, -0.2) is 4.98 Å². The van der Waals surface area contributed by atoms with Crippen molar-refractivity contribution in [2.45, 2.75) is 25.7 Å². The van der Waals surface area contributed by atoms with Gasteiger partial charge in [-0.2, -0.15) is 0 Å². The predicted octanol–water partition coefficient (Wildman–Crippen LogP) is 2.82. The predicted molar refractivity (Wildman–Crippen MR) is 81.1 cm³/mol. The normalized spacial score (nSPS) is 15.1. The lowest BCUT2D eigenvalue weighted by Gasteiger charge is -2.26. The Hall–Kier alpha value is -2.23. The van der Waals surface area contributed by atoms with E-state index in [1.807, 2.05) is 30.3 Å². The maximum absolute atomic E-state index is 12.2. The number of piperidine rings is 1. The molecule has 0 N–H and O–H groups in total. The lowest BCUT2D eigenvalue weighted by atomic mass is 10.1. The van der Waals surface area contributed by atoms with Gasteiger partial charge in [-0.15, -0.1) is 0 Å². The molecule has 2 heterocycles. The zero-order valence-electron chi connectivity index (χ0n) is 11.9. The molecule has 1 saturated heterocycles. The van der Waals surface area contributed by atoms with Gasteiger partial charge in [0, 0.05) is 18.5 Å². The summed E-state index contributed by atoms with van der Waals surface area (Å²) >= 11 is 0. The summed E-state index contributed by atoms with van der Waals surface area (Å²) in [5.74, 6) is -0.272. The number of aromatic nitrogens is 1. The molecular weight excluding hydrogens is 264 g/mol. The number of carbonyl (C=O) groups excluding carboxylic acids is 2. The van der Waals surface area contributed by atoms with Crippen molar-refractivity contribution in [3.05, 3.63) is 42.1 Å². The van der Waals surface area contributed by atoms with Crippen LogP contribution in [0.4, 0.5) is 0 Å². The minimum Gasteiger partial charge on any atom is -0.342 e. The van der Waals surface area contributed by atoms with Gasteiger partial charge >= 0.3 is 0 Å². The van der Waals surface area contributed by atoms with E-state index in [9.17, 15) is 9.59 Å². The summed E-state index contributed by atoms with van der Waals surface area (Å²) in [7, 11) is 0. The molecule has 0 aliphatic carbocycles. The van der Waals surface area contributed by atoms with Crippen molar-refractivity contribution in [2.75, 3.05) is 13.1 Å². The Kier molecular flexibility index (Phi) is 3.95. The minimum atomic E-state index is -0.198. The topological polar surface area (TPSA) is 50.3 Å². The van der Waals surface area contributed by atoms with Gasteiger partial charge in [0.25, 0.3) is 0 Å². The Morgan fingerprint density at radius 2 is 1.76 bits per heavy atom. The van der Waals surface area contributed by atoms with Crippen LogP contribution in [0.2, 0.25) is 0 Å². The molecule has 0 atom stereocenters. The number of likely N-dealkylation sites (tertiary alicyclic amines) is 1. The first-order chi connectivity index (χ1) is 10.2. The Bertz CT molecular complexity index is 675. The Balaban J connectivity index is 1.72. The van der Waals surface area contributed by atoms with Gasteiger partial charge in [-0.05, 0) is 31.4 Å². The summed E-state index contributed by atoms with van der Waals surface area (Å²) in [5, 5.41) is 0.997. The van der Waals surface area contributed by atoms with E-state index in [1.165, 1.54) is 6.42 Å². The van der Waals surface area contributed by atoms with E-state index in [4.69, 9.17) is 0 Å². The number of nitrogens with zero attached hydrogens (tertiary/aromatic N) is 2. The van der Waals surface area contributed by atoms with Crippen LogP contribution in [0.5, 0.6) is 0 Å². The average Bonchev–Trinajstić information content (AvgIpc) is 2.55. The number of hydrogen-bond acceptors (Lipinski definition) is 3. The molecule has 4 heteroatoms. The minimum absolute atomic E-state index is 0.0744. The number of fused-ring (bicyclic) bond motifs is 1. The molecular formula is C17H18N2O2. The van der Waals surface area contributed by atoms with E-state index < -0.39 is 0 Å². The van der Waals surface area contributed by atoms with Crippen LogP contribution < -0.4 is 0 Å². The van der Waals surface area contributed by atoms with Crippen molar-refractivity contribution in [1.82, 2.24) is 9.88 Å². The van der Waals surface area contributed by atoms with Gasteiger partial charge < -0.3 is 4.90 Å². The Morgan fingerprint density at radius 1 is 1.00 bits per heavy atom. The highest BCUT2D eigenvalue weighted by molar-refractivity contribution is 6.07. The summed E-state index contributed by atoms with van der Waals surface area (Å²) < 4.78 is 0. The molecule has 1 aromatic heterocycles. The second-order valence-electron chi connectivity index (χ2n) is 5.43. The van der Waals surface area contributed by atoms with Crippen LogP contribution in [-0.4, -0.2) is 34.7 Å². The molecule has 1 fully saturated rings. The third-order valence-corrected chi connectivity index (χ3v) is 3.90. The fraction of sp³-hybridized carbons (Fsp3) is 0.353. The van der Waals surface area contributed by atoms with Crippen molar-refractivity contribution in [1.29, 1.82) is 0 Å².